The SMILES string of the molecule is COCCOc1ccc2[nH]c(-c3n[nH]cc3Nc3ncnc4[nH]ccc34)nc2c1. The minimum Gasteiger partial charge on any atom is -0.491 e. The molecule has 29 heavy (non-hydrogen) atoms. The van der Waals surface area contributed by atoms with Gasteiger partial charge >= 0.3 is 0 Å². The van der Waals surface area contributed by atoms with Gasteiger partial charge in [0, 0.05) is 25.6 Å². The highest BCUT2D eigenvalue weighted by molar-refractivity contribution is 5.90. The minimum atomic E-state index is 0.485. The topological polar surface area (TPSA) is 129 Å². The molecule has 5 aromatic rings. The maximum absolute atomic E-state index is 5.66. The molecular weight excluding hydrogens is 372 g/mol. The van der Waals surface area contributed by atoms with Crippen molar-refractivity contribution in [3.05, 3.63) is 43.0 Å². The van der Waals surface area contributed by atoms with Gasteiger partial charge in [-0.25, -0.2) is 15.0 Å². The molecule has 10 heteroatoms. The molecule has 0 radical (unpaired) electrons. The Hall–Kier alpha value is -3.92. The van der Waals surface area contributed by atoms with Crippen molar-refractivity contribution in [3.63, 3.8) is 0 Å². The van der Waals surface area contributed by atoms with Gasteiger partial charge in [0.25, 0.3) is 0 Å². The molecule has 0 spiro atoms. The molecule has 4 aromatic heterocycles. The van der Waals surface area contributed by atoms with Gasteiger partial charge in [0.1, 0.15) is 30.1 Å². The number of rotatable bonds is 7. The van der Waals surface area contributed by atoms with Crippen LogP contribution in [-0.4, -0.2) is 55.4 Å². The number of H-pyrrole nitrogens is 3. The first-order valence-electron chi connectivity index (χ1n) is 9.02. The zero-order chi connectivity index (χ0) is 19.6. The number of ether oxygens (including phenoxy) is 2. The lowest BCUT2D eigenvalue weighted by Gasteiger charge is -2.05. The fourth-order valence-corrected chi connectivity index (χ4v) is 3.10. The maximum Gasteiger partial charge on any atom is 0.161 e. The number of nitrogens with zero attached hydrogens (tertiary/aromatic N) is 4. The van der Waals surface area contributed by atoms with Crippen LogP contribution in [0.3, 0.4) is 0 Å². The van der Waals surface area contributed by atoms with Crippen molar-refractivity contribution in [1.29, 1.82) is 0 Å². The van der Waals surface area contributed by atoms with Crippen LogP contribution in [0.4, 0.5) is 11.5 Å². The first-order valence-corrected chi connectivity index (χ1v) is 9.02. The summed E-state index contributed by atoms with van der Waals surface area (Å²) in [4.78, 5) is 19.6. The number of anilines is 2. The molecule has 1 aromatic carbocycles. The molecule has 0 aliphatic carbocycles. The molecule has 146 valence electrons. The lowest BCUT2D eigenvalue weighted by molar-refractivity contribution is 0.146. The van der Waals surface area contributed by atoms with E-state index in [0.29, 0.717) is 30.5 Å². The summed E-state index contributed by atoms with van der Waals surface area (Å²) in [5.74, 6) is 2.06. The van der Waals surface area contributed by atoms with Crippen LogP contribution in [0.2, 0.25) is 0 Å². The number of benzene rings is 1. The normalized spacial score (nSPS) is 11.3. The summed E-state index contributed by atoms with van der Waals surface area (Å²) in [6, 6.07) is 7.64. The third-order valence-corrected chi connectivity index (χ3v) is 4.48. The predicted molar refractivity (Wildman–Crippen MR) is 108 cm³/mol. The molecule has 10 nitrogen and oxygen atoms in total. The van der Waals surface area contributed by atoms with E-state index in [4.69, 9.17) is 9.47 Å². The van der Waals surface area contributed by atoms with Gasteiger partial charge in [0.05, 0.1) is 28.7 Å². The van der Waals surface area contributed by atoms with Crippen molar-refractivity contribution in [2.45, 2.75) is 0 Å². The van der Waals surface area contributed by atoms with Crippen LogP contribution < -0.4 is 10.1 Å². The summed E-state index contributed by atoms with van der Waals surface area (Å²) in [7, 11) is 1.64. The van der Waals surface area contributed by atoms with E-state index in [1.165, 1.54) is 6.33 Å². The van der Waals surface area contributed by atoms with E-state index < -0.39 is 0 Å². The van der Waals surface area contributed by atoms with Gasteiger partial charge in [-0.3, -0.25) is 5.10 Å². The summed E-state index contributed by atoms with van der Waals surface area (Å²) in [6.07, 6.45) is 5.10. The van der Waals surface area contributed by atoms with Gasteiger partial charge < -0.3 is 24.8 Å². The van der Waals surface area contributed by atoms with Crippen LogP contribution in [0.25, 0.3) is 33.6 Å². The summed E-state index contributed by atoms with van der Waals surface area (Å²) in [5, 5.41) is 11.4. The van der Waals surface area contributed by atoms with E-state index >= 15 is 0 Å². The molecule has 0 aliphatic rings. The Morgan fingerprint density at radius 1 is 1.14 bits per heavy atom. The number of aromatic nitrogens is 7. The molecule has 0 saturated heterocycles. The zero-order valence-electron chi connectivity index (χ0n) is 15.6. The molecule has 0 aliphatic heterocycles. The van der Waals surface area contributed by atoms with Crippen LogP contribution in [0.5, 0.6) is 5.75 Å². The molecule has 0 bridgehead atoms. The molecule has 4 N–H and O–H groups in total. The molecule has 0 amide bonds. The number of nitrogens with one attached hydrogen (secondary N) is 4. The second kappa shape index (κ2) is 7.24. The summed E-state index contributed by atoms with van der Waals surface area (Å²) < 4.78 is 10.7. The molecule has 0 saturated carbocycles. The smallest absolute Gasteiger partial charge is 0.161 e. The third-order valence-electron chi connectivity index (χ3n) is 4.48. The van der Waals surface area contributed by atoms with Crippen LogP contribution in [0.1, 0.15) is 0 Å². The molecule has 0 atom stereocenters. The Morgan fingerprint density at radius 3 is 3.03 bits per heavy atom. The van der Waals surface area contributed by atoms with E-state index in [9.17, 15) is 0 Å². The molecule has 5 rings (SSSR count). The average molecular weight is 390 g/mol. The van der Waals surface area contributed by atoms with Crippen molar-refractivity contribution < 1.29 is 9.47 Å². The minimum absolute atomic E-state index is 0.485. The van der Waals surface area contributed by atoms with Crippen LogP contribution in [-0.2, 0) is 4.74 Å². The van der Waals surface area contributed by atoms with Gasteiger partial charge in [-0.15, -0.1) is 0 Å². The van der Waals surface area contributed by atoms with E-state index in [-0.39, 0.29) is 0 Å². The second-order valence-electron chi connectivity index (χ2n) is 6.34. The average Bonchev–Trinajstić information content (AvgIpc) is 3.47. The van der Waals surface area contributed by atoms with Gasteiger partial charge in [-0.2, -0.15) is 5.10 Å². The Balaban J connectivity index is 1.45. The lowest BCUT2D eigenvalue weighted by Crippen LogP contribution is -2.03. The number of imidazole rings is 1. The highest BCUT2D eigenvalue weighted by Gasteiger charge is 2.15. The Labute approximate surface area is 164 Å². The largest absolute Gasteiger partial charge is 0.491 e. The highest BCUT2D eigenvalue weighted by Crippen LogP contribution is 2.30. The first kappa shape index (κ1) is 17.2. The molecular formula is C19H18N8O2. The van der Waals surface area contributed by atoms with Crippen LogP contribution >= 0.6 is 0 Å². The Kier molecular flexibility index (Phi) is 4.30. The van der Waals surface area contributed by atoms with E-state index in [1.807, 2.05) is 30.5 Å². The summed E-state index contributed by atoms with van der Waals surface area (Å²) in [6.45, 7) is 1.02. The fraction of sp³-hybridized carbons (Fsp3) is 0.158. The van der Waals surface area contributed by atoms with Crippen molar-refractivity contribution in [2.24, 2.45) is 0 Å². The van der Waals surface area contributed by atoms with Gasteiger partial charge in [-0.05, 0) is 18.2 Å². The number of aromatic amines is 3. The molecule has 0 unspecified atom stereocenters. The fourth-order valence-electron chi connectivity index (χ4n) is 3.10. The maximum atomic E-state index is 5.66. The number of hydrogen-bond acceptors (Lipinski definition) is 7. The molecule has 0 fully saturated rings. The Bertz CT molecular complexity index is 1270. The van der Waals surface area contributed by atoms with Gasteiger partial charge in [0.15, 0.2) is 11.5 Å². The predicted octanol–water partition coefficient (Wildman–Crippen LogP) is 2.99. The number of methoxy groups -OCH3 is 1. The zero-order valence-corrected chi connectivity index (χ0v) is 15.6. The lowest BCUT2D eigenvalue weighted by atomic mass is 10.3. The van der Waals surface area contributed by atoms with Crippen molar-refractivity contribution >= 4 is 33.6 Å². The molecule has 4 heterocycles. The summed E-state index contributed by atoms with van der Waals surface area (Å²) >= 11 is 0. The Morgan fingerprint density at radius 2 is 2.10 bits per heavy atom. The quantitative estimate of drug-likeness (QED) is 0.314. The van der Waals surface area contributed by atoms with Crippen molar-refractivity contribution in [3.8, 4) is 17.3 Å². The van der Waals surface area contributed by atoms with Gasteiger partial charge in [0.2, 0.25) is 0 Å². The standard InChI is InChI=1S/C19H18N8O2/c1-28-6-7-29-11-2-3-13-14(8-11)25-19(24-13)16-15(9-23-27-16)26-18-12-4-5-20-17(12)21-10-22-18/h2-5,8-10H,6-7H2,1H3,(H,23,27)(H,24,25)(H2,20,21,22,26). The monoisotopic (exact) mass is 390 g/mol. The second-order valence-corrected chi connectivity index (χ2v) is 6.34. The third kappa shape index (κ3) is 3.25. The van der Waals surface area contributed by atoms with E-state index in [2.05, 4.69) is 40.4 Å². The van der Waals surface area contributed by atoms with E-state index in [1.54, 1.807) is 13.3 Å². The van der Waals surface area contributed by atoms with Gasteiger partial charge in [-0.1, -0.05) is 0 Å². The number of hydrogen-bond donors (Lipinski definition) is 4. The van der Waals surface area contributed by atoms with Crippen molar-refractivity contribution in [2.75, 3.05) is 25.6 Å². The summed E-state index contributed by atoms with van der Waals surface area (Å²) in [5.41, 5.74) is 3.85. The highest BCUT2D eigenvalue weighted by atomic mass is 16.5. The first-order chi connectivity index (χ1) is 14.3. The van der Waals surface area contributed by atoms with Crippen LogP contribution in [0, 0.1) is 0 Å². The van der Waals surface area contributed by atoms with Crippen molar-refractivity contribution in [1.82, 2.24) is 35.1 Å². The van der Waals surface area contributed by atoms with E-state index in [0.717, 1.165) is 33.5 Å². The van der Waals surface area contributed by atoms with Crippen LogP contribution in [0.15, 0.2) is 43.0 Å². The number of fused-ring (bicyclic) bond motifs is 2.